The number of benzene rings is 3. The summed E-state index contributed by atoms with van der Waals surface area (Å²) in [4.78, 5) is 140. The number of nitrogens with two attached hydrogens (primary N) is 6. The van der Waals surface area contributed by atoms with Crippen LogP contribution in [0.5, 0.6) is 5.75 Å². The van der Waals surface area contributed by atoms with E-state index >= 15 is 0 Å². The Bertz CT molecular complexity index is 2530. The molecule has 3 aromatic rings. The molecule has 1 aliphatic heterocycles. The summed E-state index contributed by atoms with van der Waals surface area (Å²) in [6.07, 6.45) is -0.188. The molecule has 4 rings (SSSR count). The fourth-order valence-corrected chi connectivity index (χ4v) is 8.53. The molecule has 0 aliphatic carbocycles. The van der Waals surface area contributed by atoms with E-state index in [2.05, 4.69) is 36.9 Å². The van der Waals surface area contributed by atoms with E-state index in [4.69, 9.17) is 34.4 Å². The van der Waals surface area contributed by atoms with E-state index in [1.807, 2.05) is 0 Å². The number of phenols is 1. The molecule has 0 saturated carbocycles. The van der Waals surface area contributed by atoms with E-state index in [1.165, 1.54) is 17.0 Å². The first-order chi connectivity index (χ1) is 36.7. The number of hydrogen-bond donors (Lipinski definition) is 13. The van der Waals surface area contributed by atoms with Gasteiger partial charge in [0.25, 0.3) is 0 Å². The number of unbranched alkanes of at least 4 members (excludes halogenated alkanes) is 1. The molecular weight excluding hydrogens is 997 g/mol. The van der Waals surface area contributed by atoms with Gasteiger partial charge in [-0.1, -0.05) is 72.8 Å². The van der Waals surface area contributed by atoms with Crippen molar-refractivity contribution in [3.8, 4) is 5.75 Å². The minimum Gasteiger partial charge on any atom is -0.508 e. The Labute approximate surface area is 445 Å². The van der Waals surface area contributed by atoms with Crippen molar-refractivity contribution in [2.24, 2.45) is 39.4 Å². The van der Waals surface area contributed by atoms with Crippen LogP contribution < -0.4 is 66.3 Å². The van der Waals surface area contributed by atoms with E-state index in [0.29, 0.717) is 42.4 Å². The minimum absolute atomic E-state index is 0.0108. The molecule has 0 bridgehead atoms. The van der Waals surface area contributed by atoms with Gasteiger partial charge in [-0.15, -0.1) is 0 Å². The molecule has 0 unspecified atom stereocenters. The largest absolute Gasteiger partial charge is 0.508 e. The molecule has 25 nitrogen and oxygen atoms in total. The highest BCUT2D eigenvalue weighted by Gasteiger charge is 2.40. The maximum Gasteiger partial charge on any atom is 0.245 e. The maximum atomic E-state index is 14.4. The Morgan fingerprint density at radius 2 is 1.10 bits per heavy atom. The maximum absolute atomic E-state index is 14.4. The Kier molecular flexibility index (Phi) is 24.8. The van der Waals surface area contributed by atoms with Gasteiger partial charge in [-0.05, 0) is 86.7 Å². The average molecular weight is 1070 g/mol. The second-order valence-corrected chi connectivity index (χ2v) is 18.6. The highest BCUT2D eigenvalue weighted by atomic mass is 16.3. The summed E-state index contributed by atoms with van der Waals surface area (Å²) in [5, 5.41) is 25.5. The standard InChI is InChI=1S/C52H72N14O11/c53-24-8-7-15-37(51(77)66-26-10-17-41(66)50(76)61-35(45(56)71)16-9-25-59-52(57)58)63-49(75)40(30-43(55)69)65-46(72)36(22-23-42(54)68)62-48(74)39(27-31-11-3-1-4-12-31)64-47(73)38(28-33-18-20-34(67)21-19-33)60-44(70)29-32-13-5-2-6-14-32/h1-6,11-14,18-21,35-41,67H,7-10,15-17,22-30,53H2,(H2,54,68)(H2,55,69)(H2,56,71)(H,60,70)(H,61,76)(H,62,74)(H,63,75)(H,64,73)(H,65,72)(H4,57,58,59)/t35-,36-,37-,38+,39-,40-,41+/m0/s1. The molecule has 1 heterocycles. The van der Waals surface area contributed by atoms with Crippen molar-refractivity contribution in [2.75, 3.05) is 19.6 Å². The first-order valence-electron chi connectivity index (χ1n) is 25.3. The number of likely N-dealkylation sites (tertiary alicyclic amines) is 1. The fraction of sp³-hybridized carbons (Fsp3) is 0.442. The lowest BCUT2D eigenvalue weighted by molar-refractivity contribution is -0.142. The summed E-state index contributed by atoms with van der Waals surface area (Å²) in [5.41, 5.74) is 34.9. The first-order valence-corrected chi connectivity index (χ1v) is 25.3. The number of primary amides is 3. The smallest absolute Gasteiger partial charge is 0.245 e. The fourth-order valence-electron chi connectivity index (χ4n) is 8.53. The summed E-state index contributed by atoms with van der Waals surface area (Å²) in [5.74, 6) is -8.58. The number of nitrogens with zero attached hydrogens (tertiary/aromatic N) is 2. The van der Waals surface area contributed by atoms with Crippen LogP contribution >= 0.6 is 0 Å². The molecule has 19 N–H and O–H groups in total. The van der Waals surface area contributed by atoms with Crippen LogP contribution in [0.25, 0.3) is 0 Å². The second kappa shape index (κ2) is 31.3. The zero-order valence-corrected chi connectivity index (χ0v) is 42.8. The lowest BCUT2D eigenvalue weighted by Gasteiger charge is -2.31. The van der Waals surface area contributed by atoms with Crippen molar-refractivity contribution in [1.29, 1.82) is 0 Å². The predicted molar refractivity (Wildman–Crippen MR) is 283 cm³/mol. The number of hydrogen-bond acceptors (Lipinski definition) is 13. The van der Waals surface area contributed by atoms with Crippen molar-refractivity contribution in [2.45, 2.75) is 126 Å². The summed E-state index contributed by atoms with van der Waals surface area (Å²) < 4.78 is 0. The summed E-state index contributed by atoms with van der Waals surface area (Å²) >= 11 is 0. The summed E-state index contributed by atoms with van der Waals surface area (Å²) in [6.45, 7) is 0.503. The molecule has 1 saturated heterocycles. The van der Waals surface area contributed by atoms with Crippen LogP contribution in [0.1, 0.15) is 80.9 Å². The monoisotopic (exact) mass is 1070 g/mol. The van der Waals surface area contributed by atoms with Crippen LogP contribution in [0.4, 0.5) is 0 Å². The first kappa shape index (κ1) is 60.9. The summed E-state index contributed by atoms with van der Waals surface area (Å²) in [6, 6.07) is 13.7. The third kappa shape index (κ3) is 21.3. The topological polar surface area (TPSA) is 435 Å². The van der Waals surface area contributed by atoms with Gasteiger partial charge in [-0.3, -0.25) is 52.9 Å². The molecule has 77 heavy (non-hydrogen) atoms. The minimum atomic E-state index is -1.76. The normalized spacial score (nSPS) is 15.2. The third-order valence-electron chi connectivity index (χ3n) is 12.5. The molecule has 7 atom stereocenters. The SMILES string of the molecule is NCCCC[C@H](NC(=O)[C@H](CC(N)=O)NC(=O)[C@H](CCC(N)=O)NC(=O)[C@H](Cc1ccccc1)NC(=O)[C@@H](Cc1ccc(O)cc1)NC(=O)Cc1ccccc1)C(=O)N1CCC[C@@H]1C(=O)N[C@@H](CCCN=C(N)N)C(N)=O. The van der Waals surface area contributed by atoms with Gasteiger partial charge in [0.1, 0.15) is 48.0 Å². The van der Waals surface area contributed by atoms with Crippen molar-refractivity contribution in [1.82, 2.24) is 36.8 Å². The second-order valence-electron chi connectivity index (χ2n) is 18.6. The molecule has 3 aromatic carbocycles. The Morgan fingerprint density at radius 1 is 0.571 bits per heavy atom. The Hall–Kier alpha value is -8.61. The van der Waals surface area contributed by atoms with E-state index in [-0.39, 0.29) is 69.9 Å². The van der Waals surface area contributed by atoms with E-state index in [1.54, 1.807) is 72.8 Å². The lowest BCUT2D eigenvalue weighted by Crippen LogP contribution is -2.60. The van der Waals surface area contributed by atoms with E-state index in [9.17, 15) is 53.1 Å². The number of carbonyl (C=O) groups excluding carboxylic acids is 10. The van der Waals surface area contributed by atoms with Gasteiger partial charge in [0.2, 0.25) is 59.1 Å². The molecule has 1 aliphatic rings. The molecule has 1 fully saturated rings. The van der Waals surface area contributed by atoms with Crippen LogP contribution in [-0.4, -0.2) is 137 Å². The number of guanidine groups is 1. The number of carbonyl (C=O) groups is 10. The number of nitrogens with one attached hydrogen (secondary N) is 6. The van der Waals surface area contributed by atoms with Crippen LogP contribution in [0.2, 0.25) is 0 Å². The van der Waals surface area contributed by atoms with Crippen molar-refractivity contribution < 1.29 is 53.1 Å². The molecule has 0 spiro atoms. The number of phenolic OH excluding ortho intramolecular Hbond substituents is 1. The molecular formula is C52H72N14O11. The van der Waals surface area contributed by atoms with Crippen LogP contribution in [0.15, 0.2) is 89.9 Å². The Morgan fingerprint density at radius 3 is 1.69 bits per heavy atom. The van der Waals surface area contributed by atoms with Crippen molar-refractivity contribution in [3.05, 3.63) is 102 Å². The molecule has 0 aromatic heterocycles. The van der Waals surface area contributed by atoms with Gasteiger partial charge in [0, 0.05) is 32.4 Å². The van der Waals surface area contributed by atoms with Crippen molar-refractivity contribution >= 4 is 65.0 Å². The van der Waals surface area contributed by atoms with E-state index in [0.717, 1.165) is 0 Å². The van der Waals surface area contributed by atoms with Gasteiger partial charge in [0.15, 0.2) is 5.96 Å². The average Bonchev–Trinajstić information content (AvgIpc) is 3.89. The Balaban J connectivity index is 1.57. The van der Waals surface area contributed by atoms with Crippen LogP contribution in [0.3, 0.4) is 0 Å². The van der Waals surface area contributed by atoms with Crippen molar-refractivity contribution in [3.63, 3.8) is 0 Å². The summed E-state index contributed by atoms with van der Waals surface area (Å²) in [7, 11) is 0. The molecule has 0 radical (unpaired) electrons. The number of aromatic hydroxyl groups is 1. The number of amides is 10. The van der Waals surface area contributed by atoms with Crippen LogP contribution in [-0.2, 0) is 67.2 Å². The number of aliphatic imine (C=N–C) groups is 1. The van der Waals surface area contributed by atoms with Crippen LogP contribution in [0, 0.1) is 0 Å². The van der Waals surface area contributed by atoms with Gasteiger partial charge < -0.3 is 76.3 Å². The molecule has 10 amide bonds. The molecule has 416 valence electrons. The lowest BCUT2D eigenvalue weighted by atomic mass is 10.0. The molecule has 25 heteroatoms. The van der Waals surface area contributed by atoms with Gasteiger partial charge >= 0.3 is 0 Å². The predicted octanol–water partition coefficient (Wildman–Crippen LogP) is -2.87. The van der Waals surface area contributed by atoms with E-state index < -0.39 is 121 Å². The highest BCUT2D eigenvalue weighted by molar-refractivity contribution is 5.99. The number of rotatable bonds is 32. The highest BCUT2D eigenvalue weighted by Crippen LogP contribution is 2.21. The van der Waals surface area contributed by atoms with Gasteiger partial charge in [0.05, 0.1) is 12.8 Å². The third-order valence-corrected chi connectivity index (χ3v) is 12.5. The van der Waals surface area contributed by atoms with Gasteiger partial charge in [-0.25, -0.2) is 0 Å². The quantitative estimate of drug-likeness (QED) is 0.0170. The van der Waals surface area contributed by atoms with Gasteiger partial charge in [-0.2, -0.15) is 0 Å². The zero-order chi connectivity index (χ0) is 56.4. The zero-order valence-electron chi connectivity index (χ0n) is 42.8.